The molecule has 1 atom stereocenters. The fraction of sp³-hybridized carbons (Fsp3) is 0.700. The van der Waals surface area contributed by atoms with E-state index >= 15 is 0 Å². The third kappa shape index (κ3) is 2.86. The Labute approximate surface area is 94.5 Å². The quantitative estimate of drug-likeness (QED) is 0.510. The molecule has 16 heavy (non-hydrogen) atoms. The Morgan fingerprint density at radius 1 is 1.56 bits per heavy atom. The first-order valence-corrected chi connectivity index (χ1v) is 5.23. The van der Waals surface area contributed by atoms with Gasteiger partial charge in [0.05, 0.1) is 24.9 Å². The summed E-state index contributed by atoms with van der Waals surface area (Å²) in [6, 6.07) is 0. The van der Waals surface area contributed by atoms with Gasteiger partial charge >= 0.3 is 0 Å². The Morgan fingerprint density at radius 3 is 2.88 bits per heavy atom. The maximum Gasteiger partial charge on any atom is 0.172 e. The summed E-state index contributed by atoms with van der Waals surface area (Å²) < 4.78 is 12.1. The summed E-state index contributed by atoms with van der Waals surface area (Å²) in [5.74, 6) is 0. The van der Waals surface area contributed by atoms with E-state index in [0.29, 0.717) is 37.4 Å². The van der Waals surface area contributed by atoms with E-state index in [9.17, 15) is 4.79 Å². The number of methoxy groups -OCH3 is 1. The zero-order valence-electron chi connectivity index (χ0n) is 9.84. The van der Waals surface area contributed by atoms with Crippen LogP contribution in [0.4, 0.5) is 0 Å². The van der Waals surface area contributed by atoms with Crippen LogP contribution in [-0.4, -0.2) is 41.6 Å². The van der Waals surface area contributed by atoms with Crippen molar-refractivity contribution in [3.05, 3.63) is 11.4 Å². The Balaban J connectivity index is 2.82. The normalized spacial score (nSPS) is 12.7. The van der Waals surface area contributed by atoms with Crippen molar-refractivity contribution in [2.75, 3.05) is 20.3 Å². The summed E-state index contributed by atoms with van der Waals surface area (Å²) in [5, 5.41) is 7.69. The highest BCUT2D eigenvalue weighted by atomic mass is 16.5. The van der Waals surface area contributed by atoms with Crippen LogP contribution in [-0.2, 0) is 16.0 Å². The van der Waals surface area contributed by atoms with Crippen LogP contribution in [0, 0.1) is 0 Å². The van der Waals surface area contributed by atoms with Gasteiger partial charge < -0.3 is 9.47 Å². The zero-order valence-corrected chi connectivity index (χ0v) is 9.84. The monoisotopic (exact) mass is 227 g/mol. The van der Waals surface area contributed by atoms with Crippen LogP contribution in [0.5, 0.6) is 0 Å². The van der Waals surface area contributed by atoms with E-state index in [1.165, 1.54) is 0 Å². The lowest BCUT2D eigenvalue weighted by molar-refractivity contribution is 0.1000. The van der Waals surface area contributed by atoms with Crippen LogP contribution in [0.2, 0.25) is 0 Å². The summed E-state index contributed by atoms with van der Waals surface area (Å²) in [7, 11) is 1.58. The molecule has 1 rings (SSSR count). The molecule has 0 fully saturated rings. The molecule has 0 aliphatic heterocycles. The minimum absolute atomic E-state index is 0.211. The largest absolute Gasteiger partial charge is 0.380 e. The molecule has 0 saturated carbocycles. The first-order chi connectivity index (χ1) is 7.74. The molecule has 0 amide bonds. The Bertz CT molecular complexity index is 338. The van der Waals surface area contributed by atoms with Crippen LogP contribution >= 0.6 is 0 Å². The predicted molar refractivity (Wildman–Crippen MR) is 57.3 cm³/mol. The van der Waals surface area contributed by atoms with Crippen molar-refractivity contribution >= 4 is 6.29 Å². The van der Waals surface area contributed by atoms with Gasteiger partial charge in [0.2, 0.25) is 0 Å². The van der Waals surface area contributed by atoms with Gasteiger partial charge in [-0.1, -0.05) is 5.21 Å². The predicted octanol–water partition coefficient (Wildman–Crippen LogP) is 0.835. The number of carbonyl (C=O) groups excluding carboxylic acids is 1. The molecule has 6 heteroatoms. The molecule has 0 N–H and O–H groups in total. The van der Waals surface area contributed by atoms with Crippen molar-refractivity contribution in [1.29, 1.82) is 0 Å². The van der Waals surface area contributed by atoms with Gasteiger partial charge in [-0.15, -0.1) is 5.10 Å². The fourth-order valence-electron chi connectivity index (χ4n) is 1.41. The molecule has 0 bridgehead atoms. The molecule has 0 radical (unpaired) electrons. The van der Waals surface area contributed by atoms with Crippen molar-refractivity contribution in [1.82, 2.24) is 15.0 Å². The highest BCUT2D eigenvalue weighted by Gasteiger charge is 2.18. The highest BCUT2D eigenvalue weighted by Crippen LogP contribution is 2.17. The van der Waals surface area contributed by atoms with Gasteiger partial charge in [0.25, 0.3) is 0 Å². The number of hydrogen-bond donors (Lipinski definition) is 0. The van der Waals surface area contributed by atoms with Gasteiger partial charge in [-0.05, 0) is 13.8 Å². The van der Waals surface area contributed by atoms with E-state index in [2.05, 4.69) is 10.3 Å². The number of aldehydes is 1. The minimum atomic E-state index is -0.211. The Morgan fingerprint density at radius 2 is 2.31 bits per heavy atom. The number of ether oxygens (including phenoxy) is 2. The highest BCUT2D eigenvalue weighted by molar-refractivity contribution is 5.73. The smallest absolute Gasteiger partial charge is 0.172 e. The second-order valence-corrected chi connectivity index (χ2v) is 3.28. The molecule has 0 spiro atoms. The molecule has 0 aliphatic rings. The van der Waals surface area contributed by atoms with Crippen LogP contribution in [0.15, 0.2) is 0 Å². The van der Waals surface area contributed by atoms with Crippen molar-refractivity contribution < 1.29 is 14.3 Å². The lowest BCUT2D eigenvalue weighted by Crippen LogP contribution is -2.14. The first-order valence-electron chi connectivity index (χ1n) is 5.23. The molecule has 0 aromatic carbocycles. The average molecular weight is 227 g/mol. The van der Waals surface area contributed by atoms with Crippen LogP contribution in [0.1, 0.15) is 36.1 Å². The molecule has 90 valence electrons. The van der Waals surface area contributed by atoms with E-state index in [1.807, 2.05) is 13.8 Å². The third-order valence-electron chi connectivity index (χ3n) is 2.30. The summed E-state index contributed by atoms with van der Waals surface area (Å²) in [6.45, 7) is 5.55. The number of carbonyl (C=O) groups is 1. The summed E-state index contributed by atoms with van der Waals surface area (Å²) in [5.41, 5.74) is 1.02. The summed E-state index contributed by atoms with van der Waals surface area (Å²) >= 11 is 0. The first kappa shape index (κ1) is 12.8. The van der Waals surface area contributed by atoms with Gasteiger partial charge in [0.1, 0.15) is 0 Å². The van der Waals surface area contributed by atoms with Crippen molar-refractivity contribution in [3.8, 4) is 0 Å². The number of aromatic nitrogens is 3. The summed E-state index contributed by atoms with van der Waals surface area (Å²) in [6.07, 6.45) is 0.478. The second-order valence-electron chi connectivity index (χ2n) is 3.28. The van der Waals surface area contributed by atoms with Crippen molar-refractivity contribution in [2.24, 2.45) is 0 Å². The number of rotatable bonds is 7. The van der Waals surface area contributed by atoms with Gasteiger partial charge in [0, 0.05) is 13.7 Å². The van der Waals surface area contributed by atoms with Crippen LogP contribution < -0.4 is 0 Å². The maximum absolute atomic E-state index is 10.8. The maximum atomic E-state index is 10.8. The third-order valence-corrected chi connectivity index (χ3v) is 2.30. The van der Waals surface area contributed by atoms with E-state index < -0.39 is 0 Å². The molecular weight excluding hydrogens is 210 g/mol. The van der Waals surface area contributed by atoms with Crippen LogP contribution in [0.3, 0.4) is 0 Å². The molecule has 6 nitrogen and oxygen atoms in total. The van der Waals surface area contributed by atoms with Crippen molar-refractivity contribution in [2.45, 2.75) is 26.5 Å². The van der Waals surface area contributed by atoms with E-state index in [1.54, 1.807) is 11.8 Å². The lowest BCUT2D eigenvalue weighted by Gasteiger charge is -2.12. The van der Waals surface area contributed by atoms with Crippen LogP contribution in [0.25, 0.3) is 0 Å². The van der Waals surface area contributed by atoms with Gasteiger partial charge in [-0.2, -0.15) is 0 Å². The Kier molecular flexibility index (Phi) is 5.07. The molecule has 1 aromatic rings. The average Bonchev–Trinajstić information content (AvgIpc) is 2.71. The lowest BCUT2D eigenvalue weighted by atomic mass is 10.2. The van der Waals surface area contributed by atoms with E-state index in [-0.39, 0.29) is 6.10 Å². The molecular formula is C10H17N3O3. The van der Waals surface area contributed by atoms with E-state index in [0.717, 1.165) is 0 Å². The molecule has 0 saturated heterocycles. The molecule has 1 unspecified atom stereocenters. The SMILES string of the molecule is CCOCCn1nnc(C=O)c1C(C)OC. The Hall–Kier alpha value is -1.27. The fourth-order valence-corrected chi connectivity index (χ4v) is 1.41. The molecule has 1 heterocycles. The van der Waals surface area contributed by atoms with E-state index in [4.69, 9.17) is 9.47 Å². The van der Waals surface area contributed by atoms with Gasteiger partial charge in [-0.25, -0.2) is 4.68 Å². The summed E-state index contributed by atoms with van der Waals surface area (Å²) in [4.78, 5) is 10.8. The zero-order chi connectivity index (χ0) is 12.0. The van der Waals surface area contributed by atoms with Gasteiger partial charge in [-0.3, -0.25) is 4.79 Å². The second kappa shape index (κ2) is 6.34. The topological polar surface area (TPSA) is 66.2 Å². The molecule has 1 aromatic heterocycles. The number of hydrogen-bond acceptors (Lipinski definition) is 5. The number of nitrogens with zero attached hydrogens (tertiary/aromatic N) is 3. The van der Waals surface area contributed by atoms with Gasteiger partial charge in [0.15, 0.2) is 12.0 Å². The minimum Gasteiger partial charge on any atom is -0.380 e. The standard InChI is InChI=1S/C10H17N3O3/c1-4-16-6-5-13-10(8(2)15-3)9(7-14)11-12-13/h7-8H,4-6H2,1-3H3. The molecule has 0 aliphatic carbocycles. The van der Waals surface area contributed by atoms with Crippen molar-refractivity contribution in [3.63, 3.8) is 0 Å².